The van der Waals surface area contributed by atoms with Crippen LogP contribution in [0.1, 0.15) is 31.4 Å². The average Bonchev–Trinajstić information content (AvgIpc) is 2.89. The van der Waals surface area contributed by atoms with Crippen molar-refractivity contribution in [2.75, 3.05) is 49.6 Å². The summed E-state index contributed by atoms with van der Waals surface area (Å²) in [5.41, 5.74) is 2.90. The number of amides is 1. The molecule has 8 nitrogen and oxygen atoms in total. The third-order valence-corrected chi connectivity index (χ3v) is 6.08. The zero-order chi connectivity index (χ0) is 23.9. The van der Waals surface area contributed by atoms with E-state index in [1.165, 1.54) is 0 Å². The van der Waals surface area contributed by atoms with E-state index in [0.29, 0.717) is 36.7 Å². The second-order valence-corrected chi connectivity index (χ2v) is 8.27. The largest absolute Gasteiger partial charge is 0.495 e. The lowest BCUT2D eigenvalue weighted by molar-refractivity contribution is -0.121. The number of para-hydroxylation sites is 4. The van der Waals surface area contributed by atoms with E-state index < -0.39 is 5.92 Å². The number of aromatic nitrogens is 2. The van der Waals surface area contributed by atoms with Crippen LogP contribution in [0, 0.1) is 11.3 Å². The van der Waals surface area contributed by atoms with Gasteiger partial charge in [-0.15, -0.1) is 0 Å². The van der Waals surface area contributed by atoms with Gasteiger partial charge >= 0.3 is 0 Å². The van der Waals surface area contributed by atoms with Gasteiger partial charge in [0, 0.05) is 32.7 Å². The number of nitrogens with zero attached hydrogens (tertiary/aromatic N) is 5. The Balaban J connectivity index is 1.63. The van der Waals surface area contributed by atoms with Gasteiger partial charge in [-0.1, -0.05) is 37.6 Å². The summed E-state index contributed by atoms with van der Waals surface area (Å²) in [4.78, 5) is 26.9. The quantitative estimate of drug-likeness (QED) is 0.516. The molecular formula is C26H30N6O2. The first kappa shape index (κ1) is 23.3. The van der Waals surface area contributed by atoms with Crippen molar-refractivity contribution in [2.45, 2.75) is 25.7 Å². The minimum absolute atomic E-state index is 0.325. The molecular weight excluding hydrogens is 428 g/mol. The second-order valence-electron chi connectivity index (χ2n) is 8.27. The number of rotatable bonds is 8. The lowest BCUT2D eigenvalue weighted by atomic mass is 10.0. The average molecular weight is 459 g/mol. The molecule has 1 unspecified atom stereocenters. The Morgan fingerprint density at radius 1 is 1.06 bits per heavy atom. The van der Waals surface area contributed by atoms with Crippen LogP contribution in [-0.2, 0) is 4.79 Å². The summed E-state index contributed by atoms with van der Waals surface area (Å²) in [5.74, 6) is 0.108. The Kier molecular flexibility index (Phi) is 7.43. The molecule has 0 aliphatic carbocycles. The Morgan fingerprint density at radius 3 is 2.38 bits per heavy atom. The number of ether oxygens (including phenoxy) is 1. The van der Waals surface area contributed by atoms with Gasteiger partial charge in [0.15, 0.2) is 11.7 Å². The second kappa shape index (κ2) is 10.8. The molecule has 8 heteroatoms. The van der Waals surface area contributed by atoms with Gasteiger partial charge in [-0.05, 0) is 30.7 Å². The lowest BCUT2D eigenvalue weighted by Gasteiger charge is -2.38. The van der Waals surface area contributed by atoms with E-state index in [9.17, 15) is 10.1 Å². The van der Waals surface area contributed by atoms with Crippen LogP contribution in [0.25, 0.3) is 11.0 Å². The molecule has 0 saturated carbocycles. The predicted molar refractivity (Wildman–Crippen MR) is 133 cm³/mol. The van der Waals surface area contributed by atoms with Gasteiger partial charge < -0.3 is 19.9 Å². The molecule has 1 aromatic heterocycles. The first-order valence-electron chi connectivity index (χ1n) is 11.7. The molecule has 1 aliphatic rings. The van der Waals surface area contributed by atoms with Crippen LogP contribution in [0.2, 0.25) is 0 Å². The maximum Gasteiger partial charge on any atom is 0.243 e. The number of anilines is 2. The molecule has 1 amide bonds. The number of unbranched alkanes of at least 4 members (excludes halogenated alkanes) is 1. The summed E-state index contributed by atoms with van der Waals surface area (Å²) >= 11 is 0. The van der Waals surface area contributed by atoms with Gasteiger partial charge in [-0.3, -0.25) is 4.79 Å². The van der Waals surface area contributed by atoms with Crippen LogP contribution in [0.4, 0.5) is 11.5 Å². The highest BCUT2D eigenvalue weighted by Gasteiger charge is 2.30. The monoisotopic (exact) mass is 458 g/mol. The van der Waals surface area contributed by atoms with Crippen molar-refractivity contribution in [3.63, 3.8) is 0 Å². The predicted octanol–water partition coefficient (Wildman–Crippen LogP) is 3.49. The van der Waals surface area contributed by atoms with Gasteiger partial charge in [-0.25, -0.2) is 9.97 Å². The SMILES string of the molecule is CCCCNC(=O)C(C#N)c1nc2ccccc2nc1N1CCN(c2ccccc2OC)CC1. The molecule has 2 heterocycles. The van der Waals surface area contributed by atoms with Crippen LogP contribution >= 0.6 is 0 Å². The van der Waals surface area contributed by atoms with E-state index >= 15 is 0 Å². The smallest absolute Gasteiger partial charge is 0.243 e. The highest BCUT2D eigenvalue weighted by Crippen LogP contribution is 2.31. The van der Waals surface area contributed by atoms with E-state index in [1.807, 2.05) is 42.5 Å². The van der Waals surface area contributed by atoms with Crippen LogP contribution in [-0.4, -0.2) is 55.7 Å². The molecule has 1 fully saturated rings. The van der Waals surface area contributed by atoms with Crippen molar-refractivity contribution < 1.29 is 9.53 Å². The zero-order valence-electron chi connectivity index (χ0n) is 19.7. The molecule has 1 saturated heterocycles. The van der Waals surface area contributed by atoms with E-state index in [4.69, 9.17) is 14.7 Å². The Hall–Kier alpha value is -3.86. The number of hydrogen-bond acceptors (Lipinski definition) is 7. The van der Waals surface area contributed by atoms with Crippen LogP contribution in [0.15, 0.2) is 48.5 Å². The minimum Gasteiger partial charge on any atom is -0.495 e. The van der Waals surface area contributed by atoms with Crippen molar-refractivity contribution in [3.05, 3.63) is 54.2 Å². The first-order valence-corrected chi connectivity index (χ1v) is 11.7. The fourth-order valence-corrected chi connectivity index (χ4v) is 4.22. The molecule has 2 aromatic carbocycles. The number of benzene rings is 2. The molecule has 1 aliphatic heterocycles. The molecule has 3 aromatic rings. The van der Waals surface area contributed by atoms with Crippen molar-refractivity contribution in [2.24, 2.45) is 0 Å². The van der Waals surface area contributed by atoms with E-state index in [2.05, 4.69) is 34.2 Å². The number of nitriles is 1. The number of methoxy groups -OCH3 is 1. The highest BCUT2D eigenvalue weighted by atomic mass is 16.5. The van der Waals surface area contributed by atoms with Crippen molar-refractivity contribution in [1.82, 2.24) is 15.3 Å². The standard InChI is InChI=1S/C26H30N6O2/c1-3-4-13-28-26(33)19(18-27)24-25(30-21-10-6-5-9-20(21)29-24)32-16-14-31(15-17-32)22-11-7-8-12-23(22)34-2/h5-12,19H,3-4,13-17H2,1-2H3,(H,28,33). The Labute approximate surface area is 200 Å². The molecule has 1 atom stereocenters. The molecule has 4 rings (SSSR count). The summed E-state index contributed by atoms with van der Waals surface area (Å²) < 4.78 is 5.53. The summed E-state index contributed by atoms with van der Waals surface area (Å²) in [7, 11) is 1.68. The topological polar surface area (TPSA) is 94.4 Å². The lowest BCUT2D eigenvalue weighted by Crippen LogP contribution is -2.47. The van der Waals surface area contributed by atoms with Gasteiger partial charge in [0.1, 0.15) is 11.4 Å². The zero-order valence-corrected chi connectivity index (χ0v) is 19.7. The van der Waals surface area contributed by atoms with Gasteiger partial charge in [-0.2, -0.15) is 5.26 Å². The van der Waals surface area contributed by atoms with Crippen LogP contribution in [0.5, 0.6) is 5.75 Å². The maximum absolute atomic E-state index is 12.9. The van der Waals surface area contributed by atoms with Crippen LogP contribution < -0.4 is 19.9 Å². The van der Waals surface area contributed by atoms with Gasteiger partial charge in [0.25, 0.3) is 0 Å². The maximum atomic E-state index is 12.9. The first-order chi connectivity index (χ1) is 16.7. The number of hydrogen-bond donors (Lipinski definition) is 1. The van der Waals surface area contributed by atoms with Gasteiger partial charge in [0.2, 0.25) is 5.91 Å². The fraction of sp³-hybridized carbons (Fsp3) is 0.385. The number of carbonyl (C=O) groups excluding carboxylic acids is 1. The third kappa shape index (κ3) is 4.88. The summed E-state index contributed by atoms with van der Waals surface area (Å²) in [6.07, 6.45) is 1.83. The normalized spacial score (nSPS) is 14.5. The van der Waals surface area contributed by atoms with E-state index in [0.717, 1.165) is 42.9 Å². The van der Waals surface area contributed by atoms with Crippen molar-refractivity contribution >= 4 is 28.4 Å². The minimum atomic E-state index is -1.02. The molecule has 176 valence electrons. The summed E-state index contributed by atoms with van der Waals surface area (Å²) in [6, 6.07) is 17.7. The number of fused-ring (bicyclic) bond motifs is 1. The van der Waals surface area contributed by atoms with E-state index in [-0.39, 0.29) is 5.91 Å². The van der Waals surface area contributed by atoms with Crippen molar-refractivity contribution in [1.29, 1.82) is 5.26 Å². The molecule has 0 bridgehead atoms. The van der Waals surface area contributed by atoms with Gasteiger partial charge in [0.05, 0.1) is 29.9 Å². The number of nitrogens with one attached hydrogen (secondary N) is 1. The highest BCUT2D eigenvalue weighted by molar-refractivity contribution is 5.88. The molecule has 1 N–H and O–H groups in total. The third-order valence-electron chi connectivity index (χ3n) is 6.08. The fourth-order valence-electron chi connectivity index (χ4n) is 4.22. The summed E-state index contributed by atoms with van der Waals surface area (Å²) in [6.45, 7) is 5.50. The summed E-state index contributed by atoms with van der Waals surface area (Å²) in [5, 5.41) is 12.8. The van der Waals surface area contributed by atoms with Crippen molar-refractivity contribution in [3.8, 4) is 11.8 Å². The Morgan fingerprint density at radius 2 is 1.71 bits per heavy atom. The molecule has 34 heavy (non-hydrogen) atoms. The van der Waals surface area contributed by atoms with Crippen LogP contribution in [0.3, 0.4) is 0 Å². The molecule has 0 spiro atoms. The number of carbonyl (C=O) groups is 1. The Bertz CT molecular complexity index is 1180. The van der Waals surface area contributed by atoms with E-state index in [1.54, 1.807) is 7.11 Å². The number of piperazine rings is 1. The molecule has 0 radical (unpaired) electrons.